The van der Waals surface area contributed by atoms with Gasteiger partial charge in [-0.25, -0.2) is 13.4 Å². The highest BCUT2D eigenvalue weighted by Gasteiger charge is 2.38. The van der Waals surface area contributed by atoms with Gasteiger partial charge < -0.3 is 14.4 Å². The van der Waals surface area contributed by atoms with Crippen molar-refractivity contribution < 1.29 is 17.9 Å². The molecule has 2 aromatic rings. The Labute approximate surface area is 179 Å². The molecule has 1 aromatic heterocycles. The molecule has 0 unspecified atom stereocenters. The molecular formula is C22H31N3O4S. The number of benzene rings is 1. The SMILES string of the molecule is CN(C)CC(C)(C)CN1C[C@H](COCc2ccccc2)Oc2ncccc2S1(=O)=O. The second-order valence-electron chi connectivity index (χ2n) is 8.75. The van der Waals surface area contributed by atoms with E-state index in [0.717, 1.165) is 12.1 Å². The van der Waals surface area contributed by atoms with Crippen molar-refractivity contribution in [1.82, 2.24) is 14.2 Å². The van der Waals surface area contributed by atoms with Crippen LogP contribution >= 0.6 is 0 Å². The van der Waals surface area contributed by atoms with E-state index in [-0.39, 0.29) is 29.3 Å². The van der Waals surface area contributed by atoms with E-state index in [0.29, 0.717) is 13.2 Å². The summed E-state index contributed by atoms with van der Waals surface area (Å²) in [5.74, 6) is 0.138. The molecule has 1 aromatic carbocycles. The fourth-order valence-electron chi connectivity index (χ4n) is 3.82. The minimum Gasteiger partial charge on any atom is -0.470 e. The Morgan fingerprint density at radius 3 is 2.63 bits per heavy atom. The molecule has 1 atom stereocenters. The summed E-state index contributed by atoms with van der Waals surface area (Å²) >= 11 is 0. The standard InChI is InChI=1S/C22H31N3O4S/c1-22(2,16-24(3)4)17-25-13-19(15-28-14-18-9-6-5-7-10-18)29-21-20(30(25,26)27)11-8-12-23-21/h5-12,19H,13-17H2,1-4H3/t19-/m1/s1. The van der Waals surface area contributed by atoms with Crippen LogP contribution in [-0.4, -0.2) is 69.0 Å². The zero-order valence-electron chi connectivity index (χ0n) is 18.1. The molecule has 0 aliphatic carbocycles. The maximum absolute atomic E-state index is 13.4. The van der Waals surface area contributed by atoms with Crippen LogP contribution < -0.4 is 4.74 Å². The summed E-state index contributed by atoms with van der Waals surface area (Å²) in [4.78, 5) is 6.35. The van der Waals surface area contributed by atoms with Gasteiger partial charge in [0, 0.05) is 19.3 Å². The summed E-state index contributed by atoms with van der Waals surface area (Å²) in [6.45, 7) is 6.19. The van der Waals surface area contributed by atoms with E-state index >= 15 is 0 Å². The topological polar surface area (TPSA) is 72.0 Å². The number of pyridine rings is 1. The second-order valence-corrected chi connectivity index (χ2v) is 10.7. The molecular weight excluding hydrogens is 402 g/mol. The van der Waals surface area contributed by atoms with E-state index in [4.69, 9.17) is 9.47 Å². The van der Waals surface area contributed by atoms with Crippen LogP contribution in [0.5, 0.6) is 5.88 Å². The lowest BCUT2D eigenvalue weighted by atomic mass is 9.93. The van der Waals surface area contributed by atoms with Crippen LogP contribution in [0, 0.1) is 5.41 Å². The van der Waals surface area contributed by atoms with Gasteiger partial charge >= 0.3 is 0 Å². The van der Waals surface area contributed by atoms with Crippen LogP contribution in [0.25, 0.3) is 0 Å². The van der Waals surface area contributed by atoms with E-state index < -0.39 is 16.1 Å². The van der Waals surface area contributed by atoms with Gasteiger partial charge in [0.1, 0.15) is 11.0 Å². The van der Waals surface area contributed by atoms with Gasteiger partial charge in [0.15, 0.2) is 0 Å². The first-order chi connectivity index (χ1) is 14.2. The minimum atomic E-state index is -3.73. The quantitative estimate of drug-likeness (QED) is 0.637. The largest absolute Gasteiger partial charge is 0.470 e. The molecule has 0 N–H and O–H groups in total. The first-order valence-corrected chi connectivity index (χ1v) is 11.5. The molecule has 0 spiro atoms. The monoisotopic (exact) mass is 433 g/mol. The van der Waals surface area contributed by atoms with Crippen molar-refractivity contribution in [2.24, 2.45) is 5.41 Å². The molecule has 0 fully saturated rings. The zero-order valence-corrected chi connectivity index (χ0v) is 18.9. The maximum Gasteiger partial charge on any atom is 0.248 e. The minimum absolute atomic E-state index is 0.108. The summed E-state index contributed by atoms with van der Waals surface area (Å²) in [7, 11) is 0.248. The first-order valence-electron chi connectivity index (χ1n) is 10.1. The van der Waals surface area contributed by atoms with Crippen molar-refractivity contribution in [3.05, 3.63) is 54.2 Å². The van der Waals surface area contributed by atoms with Crippen molar-refractivity contribution in [2.45, 2.75) is 31.5 Å². The summed E-state index contributed by atoms with van der Waals surface area (Å²) in [5, 5.41) is 0. The lowest BCUT2D eigenvalue weighted by molar-refractivity contribution is 0.0287. The Kier molecular flexibility index (Phi) is 7.13. The summed E-state index contributed by atoms with van der Waals surface area (Å²) < 4.78 is 40.1. The van der Waals surface area contributed by atoms with Crippen molar-refractivity contribution in [2.75, 3.05) is 40.3 Å². The van der Waals surface area contributed by atoms with E-state index in [2.05, 4.69) is 23.7 Å². The summed E-state index contributed by atoms with van der Waals surface area (Å²) in [5.41, 5.74) is 0.819. The third-order valence-electron chi connectivity index (χ3n) is 4.80. The van der Waals surface area contributed by atoms with Gasteiger partial charge in [-0.1, -0.05) is 44.2 Å². The van der Waals surface area contributed by atoms with Gasteiger partial charge in [0.25, 0.3) is 0 Å². The van der Waals surface area contributed by atoms with E-state index in [1.54, 1.807) is 18.3 Å². The van der Waals surface area contributed by atoms with Crippen molar-refractivity contribution in [3.63, 3.8) is 0 Å². The third kappa shape index (κ3) is 5.78. The summed E-state index contributed by atoms with van der Waals surface area (Å²) in [6.07, 6.45) is 1.09. The number of hydrogen-bond donors (Lipinski definition) is 0. The molecule has 1 aliphatic rings. The van der Waals surface area contributed by atoms with Crippen molar-refractivity contribution in [1.29, 1.82) is 0 Å². The molecule has 0 amide bonds. The zero-order chi connectivity index (χ0) is 21.8. The molecule has 3 rings (SSSR count). The molecule has 0 saturated carbocycles. The lowest BCUT2D eigenvalue weighted by Crippen LogP contribution is -2.46. The average Bonchev–Trinajstić information content (AvgIpc) is 2.76. The number of hydrogen-bond acceptors (Lipinski definition) is 6. The maximum atomic E-state index is 13.4. The van der Waals surface area contributed by atoms with Crippen LogP contribution in [0.15, 0.2) is 53.6 Å². The Hall–Kier alpha value is -2.00. The third-order valence-corrected chi connectivity index (χ3v) is 6.63. The van der Waals surface area contributed by atoms with Gasteiger partial charge in [-0.05, 0) is 37.2 Å². The number of rotatable bonds is 8. The van der Waals surface area contributed by atoms with Gasteiger partial charge in [-0.2, -0.15) is 4.31 Å². The first kappa shape index (κ1) is 22.7. The highest BCUT2D eigenvalue weighted by molar-refractivity contribution is 7.89. The summed E-state index contributed by atoms with van der Waals surface area (Å²) in [6, 6.07) is 13.0. The molecule has 164 valence electrons. The van der Waals surface area contributed by atoms with Gasteiger partial charge in [0.05, 0.1) is 19.8 Å². The number of fused-ring (bicyclic) bond motifs is 1. The van der Waals surface area contributed by atoms with E-state index in [1.165, 1.54) is 4.31 Å². The Balaban J connectivity index is 1.80. The number of aromatic nitrogens is 1. The van der Waals surface area contributed by atoms with Crippen LogP contribution in [-0.2, 0) is 21.4 Å². The van der Waals surface area contributed by atoms with Crippen molar-refractivity contribution in [3.8, 4) is 5.88 Å². The number of nitrogens with zero attached hydrogens (tertiary/aromatic N) is 3. The normalized spacial score (nSPS) is 19.2. The molecule has 8 heteroatoms. The predicted octanol–water partition coefficient (Wildman–Crippen LogP) is 2.64. The van der Waals surface area contributed by atoms with Crippen molar-refractivity contribution >= 4 is 10.0 Å². The Morgan fingerprint density at radius 2 is 1.93 bits per heavy atom. The Bertz CT molecular complexity index is 932. The number of ether oxygens (including phenoxy) is 2. The van der Waals surface area contributed by atoms with Gasteiger partial charge in [-0.15, -0.1) is 0 Å². The van der Waals surface area contributed by atoms with Crippen LogP contribution in [0.1, 0.15) is 19.4 Å². The molecule has 30 heavy (non-hydrogen) atoms. The molecule has 0 bridgehead atoms. The Morgan fingerprint density at radius 1 is 1.20 bits per heavy atom. The van der Waals surface area contributed by atoms with Crippen LogP contribution in [0.4, 0.5) is 0 Å². The number of sulfonamides is 1. The molecule has 0 saturated heterocycles. The lowest BCUT2D eigenvalue weighted by Gasteiger charge is -2.34. The van der Waals surface area contributed by atoms with E-state index in [9.17, 15) is 8.42 Å². The molecule has 7 nitrogen and oxygen atoms in total. The van der Waals surface area contributed by atoms with Crippen LogP contribution in [0.3, 0.4) is 0 Å². The second kappa shape index (κ2) is 9.43. The van der Waals surface area contributed by atoms with E-state index in [1.807, 2.05) is 44.4 Å². The molecule has 0 radical (unpaired) electrons. The highest BCUT2D eigenvalue weighted by Crippen LogP contribution is 2.31. The average molecular weight is 434 g/mol. The van der Waals surface area contributed by atoms with Gasteiger partial charge in [0.2, 0.25) is 15.9 Å². The fraction of sp³-hybridized carbons (Fsp3) is 0.500. The highest BCUT2D eigenvalue weighted by atomic mass is 32.2. The molecule has 2 heterocycles. The predicted molar refractivity (Wildman–Crippen MR) is 116 cm³/mol. The van der Waals surface area contributed by atoms with Gasteiger partial charge in [-0.3, -0.25) is 0 Å². The smallest absolute Gasteiger partial charge is 0.248 e. The van der Waals surface area contributed by atoms with Crippen LogP contribution in [0.2, 0.25) is 0 Å². The molecule has 1 aliphatic heterocycles. The fourth-order valence-corrected chi connectivity index (χ4v) is 5.55.